The van der Waals surface area contributed by atoms with Gasteiger partial charge in [0, 0.05) is 17.2 Å². The van der Waals surface area contributed by atoms with Crippen LogP contribution in [0.1, 0.15) is 34.5 Å². The van der Waals surface area contributed by atoms with Gasteiger partial charge in [0.1, 0.15) is 11.4 Å². The van der Waals surface area contributed by atoms with Crippen LogP contribution in [0.2, 0.25) is 0 Å². The Kier molecular flexibility index (Phi) is 5.03. The van der Waals surface area contributed by atoms with Gasteiger partial charge in [-0.1, -0.05) is 17.7 Å². The van der Waals surface area contributed by atoms with Crippen LogP contribution in [-0.2, 0) is 0 Å². The fourth-order valence-corrected chi connectivity index (χ4v) is 2.46. The van der Waals surface area contributed by atoms with E-state index in [-0.39, 0.29) is 17.3 Å². The van der Waals surface area contributed by atoms with Gasteiger partial charge in [-0.25, -0.2) is 0 Å². The van der Waals surface area contributed by atoms with Crippen molar-refractivity contribution in [2.45, 2.75) is 19.9 Å². The van der Waals surface area contributed by atoms with E-state index in [1.54, 1.807) is 7.11 Å². The third-order valence-corrected chi connectivity index (χ3v) is 3.70. The molecule has 0 saturated heterocycles. The number of primary amides is 1. The molecule has 0 bridgehead atoms. The van der Waals surface area contributed by atoms with Gasteiger partial charge in [0.25, 0.3) is 5.69 Å². The average Bonchev–Trinajstić information content (AvgIpc) is 2.54. The lowest BCUT2D eigenvalue weighted by Gasteiger charge is -2.19. The molecule has 0 aliphatic carbocycles. The van der Waals surface area contributed by atoms with Crippen LogP contribution in [0, 0.1) is 17.0 Å². The highest BCUT2D eigenvalue weighted by atomic mass is 16.6. The van der Waals surface area contributed by atoms with E-state index in [0.717, 1.165) is 11.1 Å². The number of carbonyl (C=O) groups excluding carboxylic acids is 1. The smallest absolute Gasteiger partial charge is 0.293 e. The first-order valence-corrected chi connectivity index (χ1v) is 7.32. The molecular weight excluding hydrogens is 310 g/mol. The molecule has 3 N–H and O–H groups in total. The lowest BCUT2D eigenvalue weighted by Crippen LogP contribution is -2.13. The Balaban J connectivity index is 2.38. The van der Waals surface area contributed by atoms with Crippen LogP contribution in [0.3, 0.4) is 0 Å². The number of nitro benzene ring substituents is 1. The predicted molar refractivity (Wildman–Crippen MR) is 91.4 cm³/mol. The number of rotatable bonds is 6. The van der Waals surface area contributed by atoms with Crippen LogP contribution in [0.15, 0.2) is 36.4 Å². The second-order valence-electron chi connectivity index (χ2n) is 5.46. The second kappa shape index (κ2) is 6.99. The minimum atomic E-state index is -0.710. The molecule has 7 heteroatoms. The molecule has 0 aliphatic rings. The number of nitro groups is 1. The van der Waals surface area contributed by atoms with Crippen molar-refractivity contribution < 1.29 is 14.5 Å². The monoisotopic (exact) mass is 329 g/mol. The number of nitrogens with zero attached hydrogens (tertiary/aromatic N) is 1. The van der Waals surface area contributed by atoms with Gasteiger partial charge in [-0.05, 0) is 32.0 Å². The number of methoxy groups -OCH3 is 1. The van der Waals surface area contributed by atoms with E-state index in [2.05, 4.69) is 5.32 Å². The fraction of sp³-hybridized carbons (Fsp3) is 0.235. The summed E-state index contributed by atoms with van der Waals surface area (Å²) in [6, 6.07) is 9.62. The first kappa shape index (κ1) is 17.3. The van der Waals surface area contributed by atoms with E-state index in [1.165, 1.54) is 18.2 Å². The first-order chi connectivity index (χ1) is 11.3. The summed E-state index contributed by atoms with van der Waals surface area (Å²) in [6.45, 7) is 3.84. The van der Waals surface area contributed by atoms with E-state index < -0.39 is 10.8 Å². The number of aryl methyl sites for hydroxylation is 1. The third kappa shape index (κ3) is 3.62. The molecule has 1 atom stereocenters. The highest BCUT2D eigenvalue weighted by Gasteiger charge is 2.20. The molecule has 0 aromatic heterocycles. The summed E-state index contributed by atoms with van der Waals surface area (Å²) in [6.07, 6.45) is 0. The van der Waals surface area contributed by atoms with E-state index in [9.17, 15) is 14.9 Å². The molecule has 2 rings (SSSR count). The molecule has 2 aromatic rings. The molecule has 0 fully saturated rings. The van der Waals surface area contributed by atoms with Gasteiger partial charge in [0.15, 0.2) is 0 Å². The van der Waals surface area contributed by atoms with Crippen molar-refractivity contribution in [3.8, 4) is 5.75 Å². The Bertz CT molecular complexity index is 789. The minimum Gasteiger partial charge on any atom is -0.496 e. The van der Waals surface area contributed by atoms with Crippen LogP contribution < -0.4 is 15.8 Å². The summed E-state index contributed by atoms with van der Waals surface area (Å²) in [5, 5.41) is 14.4. The van der Waals surface area contributed by atoms with Gasteiger partial charge >= 0.3 is 0 Å². The topological polar surface area (TPSA) is 107 Å². The lowest BCUT2D eigenvalue weighted by molar-refractivity contribution is -0.384. The second-order valence-corrected chi connectivity index (χ2v) is 5.46. The maximum Gasteiger partial charge on any atom is 0.293 e. The lowest BCUT2D eigenvalue weighted by atomic mass is 10.0. The van der Waals surface area contributed by atoms with Crippen molar-refractivity contribution in [3.63, 3.8) is 0 Å². The van der Waals surface area contributed by atoms with Crippen LogP contribution >= 0.6 is 0 Å². The van der Waals surface area contributed by atoms with Gasteiger partial charge < -0.3 is 15.8 Å². The van der Waals surface area contributed by atoms with Crippen molar-refractivity contribution >= 4 is 17.3 Å². The molecule has 0 aliphatic heterocycles. The summed E-state index contributed by atoms with van der Waals surface area (Å²) in [5.41, 5.74) is 7.31. The highest BCUT2D eigenvalue weighted by molar-refractivity contribution is 5.94. The van der Waals surface area contributed by atoms with Crippen LogP contribution in [0.5, 0.6) is 5.75 Å². The Morgan fingerprint density at radius 2 is 2.00 bits per heavy atom. The number of nitrogens with two attached hydrogens (primary N) is 1. The number of hydrogen-bond donors (Lipinski definition) is 2. The number of anilines is 1. The number of nitrogens with one attached hydrogen (secondary N) is 1. The molecule has 1 amide bonds. The summed E-state index contributed by atoms with van der Waals surface area (Å²) in [5.74, 6) is -0.0185. The van der Waals surface area contributed by atoms with Crippen LogP contribution in [0.25, 0.3) is 0 Å². The number of carbonyl (C=O) groups is 1. The fourth-order valence-electron chi connectivity index (χ4n) is 2.46. The first-order valence-electron chi connectivity index (χ1n) is 7.32. The highest BCUT2D eigenvalue weighted by Crippen LogP contribution is 2.32. The average molecular weight is 329 g/mol. The number of ether oxygens (including phenoxy) is 1. The zero-order chi connectivity index (χ0) is 17.9. The maximum absolute atomic E-state index is 11.3. The predicted octanol–water partition coefficient (Wildman–Crippen LogP) is 3.18. The Labute approximate surface area is 139 Å². The molecule has 0 saturated carbocycles. The molecule has 2 aromatic carbocycles. The van der Waals surface area contributed by atoms with Crippen molar-refractivity contribution in [2.24, 2.45) is 5.73 Å². The zero-order valence-electron chi connectivity index (χ0n) is 13.7. The molecule has 0 unspecified atom stereocenters. The normalized spacial score (nSPS) is 11.6. The van der Waals surface area contributed by atoms with Crippen molar-refractivity contribution in [1.82, 2.24) is 0 Å². The van der Waals surface area contributed by atoms with Crippen molar-refractivity contribution in [1.29, 1.82) is 0 Å². The summed E-state index contributed by atoms with van der Waals surface area (Å²) < 4.78 is 5.35. The van der Waals surface area contributed by atoms with E-state index in [0.29, 0.717) is 11.4 Å². The largest absolute Gasteiger partial charge is 0.496 e. The zero-order valence-corrected chi connectivity index (χ0v) is 13.7. The van der Waals surface area contributed by atoms with E-state index >= 15 is 0 Å². The SMILES string of the molecule is COc1ccc(C)cc1[C@@H](C)Nc1ccc(C(N)=O)cc1[N+](=O)[O-]. The number of amides is 1. The van der Waals surface area contributed by atoms with Gasteiger partial charge in [-0.2, -0.15) is 0 Å². The molecule has 0 radical (unpaired) electrons. The summed E-state index contributed by atoms with van der Waals surface area (Å²) >= 11 is 0. The van der Waals surface area contributed by atoms with Gasteiger partial charge in [-0.15, -0.1) is 0 Å². The standard InChI is InChI=1S/C17H19N3O4/c1-10-4-7-16(24-3)13(8-10)11(2)19-14-6-5-12(17(18)21)9-15(14)20(22)23/h4-9,11,19H,1-3H3,(H2,18,21)/t11-/m1/s1. The quantitative estimate of drug-likeness (QED) is 0.625. The van der Waals surface area contributed by atoms with Gasteiger partial charge in [0.05, 0.1) is 18.1 Å². The maximum atomic E-state index is 11.3. The minimum absolute atomic E-state index is 0.0908. The summed E-state index contributed by atoms with van der Waals surface area (Å²) in [4.78, 5) is 21.9. The van der Waals surface area contributed by atoms with E-state index in [4.69, 9.17) is 10.5 Å². The van der Waals surface area contributed by atoms with Crippen LogP contribution in [-0.4, -0.2) is 17.9 Å². The Morgan fingerprint density at radius 3 is 2.58 bits per heavy atom. The molecule has 126 valence electrons. The summed E-state index contributed by atoms with van der Waals surface area (Å²) in [7, 11) is 1.57. The molecule has 0 heterocycles. The van der Waals surface area contributed by atoms with Crippen molar-refractivity contribution in [3.05, 3.63) is 63.2 Å². The molecule has 0 spiro atoms. The molecule has 7 nitrogen and oxygen atoms in total. The van der Waals surface area contributed by atoms with Crippen molar-refractivity contribution in [2.75, 3.05) is 12.4 Å². The molecule has 24 heavy (non-hydrogen) atoms. The van der Waals surface area contributed by atoms with Crippen LogP contribution in [0.4, 0.5) is 11.4 Å². The Morgan fingerprint density at radius 1 is 1.29 bits per heavy atom. The van der Waals surface area contributed by atoms with Gasteiger partial charge in [0.2, 0.25) is 5.91 Å². The Hall–Kier alpha value is -3.09. The third-order valence-electron chi connectivity index (χ3n) is 3.70. The van der Waals surface area contributed by atoms with E-state index in [1.807, 2.05) is 32.0 Å². The van der Waals surface area contributed by atoms with Gasteiger partial charge in [-0.3, -0.25) is 14.9 Å². The number of benzene rings is 2. The number of hydrogen-bond acceptors (Lipinski definition) is 5. The molecular formula is C17H19N3O4.